The van der Waals surface area contributed by atoms with Gasteiger partial charge in [0.2, 0.25) is 0 Å². The summed E-state index contributed by atoms with van der Waals surface area (Å²) in [6, 6.07) is 18.1. The van der Waals surface area contributed by atoms with Crippen molar-refractivity contribution in [2.45, 2.75) is 20.8 Å². The van der Waals surface area contributed by atoms with E-state index in [9.17, 15) is 0 Å². The summed E-state index contributed by atoms with van der Waals surface area (Å²) >= 11 is 0. The average molecular weight is 289 g/mol. The number of aryl methyl sites for hydroxylation is 3. The molecule has 3 aromatic rings. The van der Waals surface area contributed by atoms with Crippen molar-refractivity contribution in [1.82, 2.24) is 4.98 Å². The lowest BCUT2D eigenvalue weighted by atomic mass is 9.98. The third-order valence-electron chi connectivity index (χ3n) is 3.77. The molecule has 0 saturated carbocycles. The van der Waals surface area contributed by atoms with Crippen molar-refractivity contribution in [2.24, 2.45) is 0 Å². The topological polar surface area (TPSA) is 22.1 Å². The molecule has 1 heterocycles. The smallest absolute Gasteiger partial charge is 0.139 e. The van der Waals surface area contributed by atoms with Crippen molar-refractivity contribution in [2.75, 3.05) is 0 Å². The highest BCUT2D eigenvalue weighted by molar-refractivity contribution is 5.75. The second-order valence-corrected chi connectivity index (χ2v) is 5.49. The molecular weight excluding hydrogens is 270 g/mol. The van der Waals surface area contributed by atoms with Crippen LogP contribution in [0.1, 0.15) is 16.7 Å². The van der Waals surface area contributed by atoms with Crippen molar-refractivity contribution in [1.29, 1.82) is 0 Å². The van der Waals surface area contributed by atoms with Gasteiger partial charge in [0.05, 0.1) is 5.69 Å². The maximum absolute atomic E-state index is 6.19. The molecule has 0 radical (unpaired) electrons. The van der Waals surface area contributed by atoms with Crippen LogP contribution in [0.15, 0.2) is 60.8 Å². The van der Waals surface area contributed by atoms with E-state index in [1.165, 1.54) is 5.56 Å². The monoisotopic (exact) mass is 289 g/mol. The molecule has 1 aromatic heterocycles. The molecule has 110 valence electrons. The van der Waals surface area contributed by atoms with Gasteiger partial charge >= 0.3 is 0 Å². The molecular formula is C20H19NO. The fraction of sp³-hybridized carbons (Fsp3) is 0.150. The Morgan fingerprint density at radius 3 is 2.18 bits per heavy atom. The molecule has 3 rings (SSSR count). The predicted molar refractivity (Wildman–Crippen MR) is 90.4 cm³/mol. The van der Waals surface area contributed by atoms with Gasteiger partial charge in [-0.1, -0.05) is 36.4 Å². The minimum atomic E-state index is 0.839. The van der Waals surface area contributed by atoms with Gasteiger partial charge in [-0.05, 0) is 55.7 Å². The number of aromatic nitrogens is 1. The summed E-state index contributed by atoms with van der Waals surface area (Å²) in [5, 5.41) is 0. The van der Waals surface area contributed by atoms with Crippen LogP contribution in [0.3, 0.4) is 0 Å². The summed E-state index contributed by atoms with van der Waals surface area (Å²) < 4.78 is 6.19. The second kappa shape index (κ2) is 6.02. The first-order chi connectivity index (χ1) is 10.7. The molecule has 0 unspecified atom stereocenters. The predicted octanol–water partition coefficient (Wildman–Crippen LogP) is 5.47. The van der Waals surface area contributed by atoms with E-state index in [2.05, 4.69) is 44.0 Å². The highest BCUT2D eigenvalue weighted by Crippen LogP contribution is 2.38. The van der Waals surface area contributed by atoms with E-state index in [4.69, 9.17) is 4.74 Å². The Kier molecular flexibility index (Phi) is 3.92. The molecule has 0 bridgehead atoms. The van der Waals surface area contributed by atoms with E-state index in [-0.39, 0.29) is 0 Å². The van der Waals surface area contributed by atoms with E-state index in [0.29, 0.717) is 0 Å². The van der Waals surface area contributed by atoms with Gasteiger partial charge in [-0.15, -0.1) is 0 Å². The van der Waals surface area contributed by atoms with E-state index in [0.717, 1.165) is 33.9 Å². The first-order valence-corrected chi connectivity index (χ1v) is 7.42. The Balaban J connectivity index is 2.18. The van der Waals surface area contributed by atoms with Crippen LogP contribution in [-0.4, -0.2) is 4.98 Å². The highest BCUT2D eigenvalue weighted by atomic mass is 16.5. The molecule has 0 atom stereocenters. The standard InChI is InChI=1S/C20H19NO/c1-14-11-12-16(3)20(22-17-9-5-4-6-10-17)18(14)19-15(2)8-7-13-21-19/h4-13H,1-3H3. The summed E-state index contributed by atoms with van der Waals surface area (Å²) in [6.45, 7) is 6.25. The Morgan fingerprint density at radius 2 is 1.45 bits per heavy atom. The molecule has 0 saturated heterocycles. The van der Waals surface area contributed by atoms with Gasteiger partial charge in [0.25, 0.3) is 0 Å². The van der Waals surface area contributed by atoms with E-state index >= 15 is 0 Å². The normalized spacial score (nSPS) is 10.5. The van der Waals surface area contributed by atoms with Gasteiger partial charge in [-0.3, -0.25) is 4.98 Å². The first-order valence-electron chi connectivity index (χ1n) is 7.42. The van der Waals surface area contributed by atoms with Gasteiger partial charge in [0.1, 0.15) is 11.5 Å². The van der Waals surface area contributed by atoms with E-state index < -0.39 is 0 Å². The van der Waals surface area contributed by atoms with Gasteiger partial charge in [0.15, 0.2) is 0 Å². The SMILES string of the molecule is Cc1cccnc1-c1c(C)ccc(C)c1Oc1ccccc1. The van der Waals surface area contributed by atoms with Crippen LogP contribution < -0.4 is 4.74 Å². The number of nitrogens with zero attached hydrogens (tertiary/aromatic N) is 1. The second-order valence-electron chi connectivity index (χ2n) is 5.49. The maximum atomic E-state index is 6.19. The highest BCUT2D eigenvalue weighted by Gasteiger charge is 2.16. The van der Waals surface area contributed by atoms with Crippen LogP contribution in [0.2, 0.25) is 0 Å². The van der Waals surface area contributed by atoms with Gasteiger partial charge in [-0.25, -0.2) is 0 Å². The number of hydrogen-bond acceptors (Lipinski definition) is 2. The zero-order chi connectivity index (χ0) is 15.5. The summed E-state index contributed by atoms with van der Waals surface area (Å²) in [5.41, 5.74) is 5.47. The van der Waals surface area contributed by atoms with E-state index in [1.807, 2.05) is 42.6 Å². The van der Waals surface area contributed by atoms with Crippen molar-refractivity contribution in [3.05, 3.63) is 77.5 Å². The first kappa shape index (κ1) is 14.3. The van der Waals surface area contributed by atoms with Crippen LogP contribution in [0.4, 0.5) is 0 Å². The number of hydrogen-bond donors (Lipinski definition) is 0. The Bertz CT molecular complexity index is 794. The minimum Gasteiger partial charge on any atom is -0.456 e. The minimum absolute atomic E-state index is 0.839. The molecule has 2 aromatic carbocycles. The van der Waals surface area contributed by atoms with E-state index in [1.54, 1.807) is 0 Å². The van der Waals surface area contributed by atoms with Gasteiger partial charge in [0, 0.05) is 11.8 Å². The molecule has 0 aliphatic carbocycles. The molecule has 2 heteroatoms. The fourth-order valence-electron chi connectivity index (χ4n) is 2.56. The van der Waals surface area contributed by atoms with Crippen molar-refractivity contribution < 1.29 is 4.74 Å². The van der Waals surface area contributed by atoms with Crippen LogP contribution in [0.5, 0.6) is 11.5 Å². The van der Waals surface area contributed by atoms with Crippen LogP contribution in [0.25, 0.3) is 11.3 Å². The largest absolute Gasteiger partial charge is 0.456 e. The Labute approximate surface area is 131 Å². The van der Waals surface area contributed by atoms with Crippen molar-refractivity contribution >= 4 is 0 Å². The lowest BCUT2D eigenvalue weighted by molar-refractivity contribution is 0.480. The zero-order valence-electron chi connectivity index (χ0n) is 13.1. The molecule has 0 spiro atoms. The summed E-state index contributed by atoms with van der Waals surface area (Å²) in [7, 11) is 0. The van der Waals surface area contributed by atoms with Gasteiger partial charge < -0.3 is 4.74 Å². The number of benzene rings is 2. The molecule has 0 aliphatic rings. The Morgan fingerprint density at radius 1 is 0.727 bits per heavy atom. The lowest BCUT2D eigenvalue weighted by Gasteiger charge is -2.17. The third-order valence-corrected chi connectivity index (χ3v) is 3.77. The van der Waals surface area contributed by atoms with Crippen LogP contribution in [-0.2, 0) is 0 Å². The summed E-state index contributed by atoms with van der Waals surface area (Å²) in [6.07, 6.45) is 1.83. The quantitative estimate of drug-likeness (QED) is 0.638. The Hall–Kier alpha value is -2.61. The number of pyridine rings is 1. The lowest BCUT2D eigenvalue weighted by Crippen LogP contribution is -1.97. The van der Waals surface area contributed by atoms with Crippen molar-refractivity contribution in [3.8, 4) is 22.8 Å². The maximum Gasteiger partial charge on any atom is 0.139 e. The van der Waals surface area contributed by atoms with Crippen LogP contribution >= 0.6 is 0 Å². The zero-order valence-corrected chi connectivity index (χ0v) is 13.1. The fourth-order valence-corrected chi connectivity index (χ4v) is 2.56. The van der Waals surface area contributed by atoms with Gasteiger partial charge in [-0.2, -0.15) is 0 Å². The molecule has 0 amide bonds. The molecule has 0 N–H and O–H groups in total. The molecule has 2 nitrogen and oxygen atoms in total. The summed E-state index contributed by atoms with van der Waals surface area (Å²) in [4.78, 5) is 4.57. The third kappa shape index (κ3) is 2.73. The number of rotatable bonds is 3. The molecule has 22 heavy (non-hydrogen) atoms. The average Bonchev–Trinajstić information content (AvgIpc) is 2.53. The summed E-state index contributed by atoms with van der Waals surface area (Å²) in [5.74, 6) is 1.72. The molecule has 0 aliphatic heterocycles. The van der Waals surface area contributed by atoms with Crippen molar-refractivity contribution in [3.63, 3.8) is 0 Å². The number of ether oxygens (including phenoxy) is 1. The molecule has 0 fully saturated rings. The number of para-hydroxylation sites is 1. The van der Waals surface area contributed by atoms with Crippen LogP contribution in [0, 0.1) is 20.8 Å².